The van der Waals surface area contributed by atoms with Gasteiger partial charge in [0, 0.05) is 10.9 Å². The molecule has 0 saturated heterocycles. The Labute approximate surface area is 102 Å². The summed E-state index contributed by atoms with van der Waals surface area (Å²) in [5, 5.41) is 5.05. The lowest BCUT2D eigenvalue weighted by Gasteiger charge is -2.14. The monoisotopic (exact) mass is 239 g/mol. The Morgan fingerprint density at radius 3 is 2.69 bits per heavy atom. The van der Waals surface area contributed by atoms with Gasteiger partial charge in [0.1, 0.15) is 0 Å². The molecule has 0 aromatic carbocycles. The van der Waals surface area contributed by atoms with Crippen molar-refractivity contribution in [2.45, 2.75) is 46.1 Å². The summed E-state index contributed by atoms with van der Waals surface area (Å²) in [7, 11) is 0. The topological polar surface area (TPSA) is 29.1 Å². The Kier molecular flexibility index (Phi) is 5.53. The van der Waals surface area contributed by atoms with E-state index in [0.717, 1.165) is 11.3 Å². The molecular weight excluding hydrogens is 218 g/mol. The van der Waals surface area contributed by atoms with Gasteiger partial charge in [0.15, 0.2) is 0 Å². The minimum atomic E-state index is 0.138. The molecule has 2 nitrogen and oxygen atoms in total. The molecule has 1 aromatic rings. The van der Waals surface area contributed by atoms with Gasteiger partial charge in [-0.05, 0) is 37.1 Å². The van der Waals surface area contributed by atoms with E-state index in [-0.39, 0.29) is 11.9 Å². The highest BCUT2D eigenvalue weighted by atomic mass is 32.1. The lowest BCUT2D eigenvalue weighted by molar-refractivity contribution is -0.121. The van der Waals surface area contributed by atoms with Crippen LogP contribution in [0.2, 0.25) is 0 Å². The van der Waals surface area contributed by atoms with Crippen LogP contribution in [0.3, 0.4) is 0 Å². The van der Waals surface area contributed by atoms with E-state index in [9.17, 15) is 4.79 Å². The first kappa shape index (κ1) is 13.2. The third-order valence-corrected chi connectivity index (χ3v) is 3.38. The van der Waals surface area contributed by atoms with Gasteiger partial charge in [0.2, 0.25) is 5.91 Å². The summed E-state index contributed by atoms with van der Waals surface area (Å²) in [6, 6.07) is 4.27. The lowest BCUT2D eigenvalue weighted by Crippen LogP contribution is -2.33. The third-order valence-electron chi connectivity index (χ3n) is 2.50. The average Bonchev–Trinajstić information content (AvgIpc) is 2.67. The van der Waals surface area contributed by atoms with Crippen LogP contribution >= 0.6 is 11.3 Å². The molecule has 90 valence electrons. The van der Waals surface area contributed by atoms with Crippen LogP contribution in [0.25, 0.3) is 0 Å². The first-order valence-corrected chi connectivity index (χ1v) is 6.77. The summed E-state index contributed by atoms with van der Waals surface area (Å²) in [4.78, 5) is 12.8. The quantitative estimate of drug-likeness (QED) is 0.811. The maximum absolute atomic E-state index is 11.7. The fraction of sp³-hybridized carbons (Fsp3) is 0.615. The summed E-state index contributed by atoms with van der Waals surface area (Å²) in [6.07, 6.45) is 2.75. The second-order valence-corrected chi connectivity index (χ2v) is 5.73. The fourth-order valence-electron chi connectivity index (χ4n) is 1.55. The zero-order valence-electron chi connectivity index (χ0n) is 10.3. The summed E-state index contributed by atoms with van der Waals surface area (Å²) in [6.45, 7) is 6.50. The number of rotatable bonds is 6. The van der Waals surface area contributed by atoms with E-state index in [1.54, 1.807) is 11.3 Å². The van der Waals surface area contributed by atoms with Gasteiger partial charge < -0.3 is 5.32 Å². The van der Waals surface area contributed by atoms with Gasteiger partial charge in [-0.2, -0.15) is 0 Å². The van der Waals surface area contributed by atoms with Crippen molar-refractivity contribution in [3.8, 4) is 0 Å². The molecule has 0 bridgehead atoms. The van der Waals surface area contributed by atoms with E-state index >= 15 is 0 Å². The Bertz CT molecular complexity index is 306. The molecule has 0 aliphatic carbocycles. The molecule has 1 rings (SSSR count). The Morgan fingerprint density at radius 2 is 2.12 bits per heavy atom. The second-order valence-electron chi connectivity index (χ2n) is 4.70. The highest BCUT2D eigenvalue weighted by Crippen LogP contribution is 2.10. The van der Waals surface area contributed by atoms with Crippen LogP contribution in [0, 0.1) is 5.92 Å². The first-order valence-electron chi connectivity index (χ1n) is 5.89. The van der Waals surface area contributed by atoms with Crippen molar-refractivity contribution < 1.29 is 4.79 Å². The van der Waals surface area contributed by atoms with Crippen LogP contribution in [0.1, 0.15) is 38.5 Å². The SMILES string of the molecule is CC(C)CCC(C)NC(=O)Cc1cccs1. The number of thiophene rings is 1. The molecule has 1 amide bonds. The van der Waals surface area contributed by atoms with E-state index in [4.69, 9.17) is 0 Å². The number of hydrogen-bond donors (Lipinski definition) is 1. The number of carbonyl (C=O) groups excluding carboxylic acids is 1. The molecule has 1 unspecified atom stereocenters. The molecule has 0 spiro atoms. The van der Waals surface area contributed by atoms with Crippen LogP contribution < -0.4 is 5.32 Å². The predicted octanol–water partition coefficient (Wildman–Crippen LogP) is 3.23. The Balaban J connectivity index is 2.23. The summed E-state index contributed by atoms with van der Waals surface area (Å²) >= 11 is 1.64. The summed E-state index contributed by atoms with van der Waals surface area (Å²) in [5.41, 5.74) is 0. The van der Waals surface area contributed by atoms with E-state index in [2.05, 4.69) is 26.1 Å². The highest BCUT2D eigenvalue weighted by Gasteiger charge is 2.09. The molecule has 16 heavy (non-hydrogen) atoms. The van der Waals surface area contributed by atoms with Crippen molar-refractivity contribution in [2.24, 2.45) is 5.92 Å². The van der Waals surface area contributed by atoms with E-state index in [0.29, 0.717) is 12.3 Å². The van der Waals surface area contributed by atoms with Gasteiger partial charge in [0.25, 0.3) is 0 Å². The molecule has 0 radical (unpaired) electrons. The Morgan fingerprint density at radius 1 is 1.38 bits per heavy atom. The van der Waals surface area contributed by atoms with Crippen molar-refractivity contribution in [3.05, 3.63) is 22.4 Å². The number of nitrogens with one attached hydrogen (secondary N) is 1. The molecule has 1 heterocycles. The summed E-state index contributed by atoms with van der Waals surface area (Å²) in [5.74, 6) is 0.843. The average molecular weight is 239 g/mol. The van der Waals surface area contributed by atoms with Crippen molar-refractivity contribution in [1.82, 2.24) is 5.32 Å². The van der Waals surface area contributed by atoms with Gasteiger partial charge in [-0.1, -0.05) is 19.9 Å². The smallest absolute Gasteiger partial charge is 0.225 e. The minimum absolute atomic E-state index is 0.138. The maximum Gasteiger partial charge on any atom is 0.225 e. The van der Waals surface area contributed by atoms with Crippen LogP contribution in [0.5, 0.6) is 0 Å². The van der Waals surface area contributed by atoms with Crippen molar-refractivity contribution >= 4 is 17.2 Å². The number of carbonyl (C=O) groups is 1. The largest absolute Gasteiger partial charge is 0.353 e. The molecule has 1 N–H and O–H groups in total. The third kappa shape index (κ3) is 5.31. The van der Waals surface area contributed by atoms with Crippen molar-refractivity contribution in [3.63, 3.8) is 0 Å². The van der Waals surface area contributed by atoms with Crippen LogP contribution in [0.15, 0.2) is 17.5 Å². The number of amides is 1. The second kappa shape index (κ2) is 6.69. The first-order chi connectivity index (χ1) is 7.58. The van der Waals surface area contributed by atoms with Crippen molar-refractivity contribution in [2.75, 3.05) is 0 Å². The molecule has 0 saturated carbocycles. The zero-order valence-corrected chi connectivity index (χ0v) is 11.1. The number of hydrogen-bond acceptors (Lipinski definition) is 2. The maximum atomic E-state index is 11.7. The molecule has 1 atom stereocenters. The van der Waals surface area contributed by atoms with Gasteiger partial charge in [-0.15, -0.1) is 11.3 Å². The fourth-order valence-corrected chi connectivity index (χ4v) is 2.26. The molecule has 0 aliphatic rings. The van der Waals surface area contributed by atoms with E-state index < -0.39 is 0 Å². The van der Waals surface area contributed by atoms with E-state index in [1.165, 1.54) is 6.42 Å². The van der Waals surface area contributed by atoms with Crippen molar-refractivity contribution in [1.29, 1.82) is 0 Å². The standard InChI is InChI=1S/C13H21NOS/c1-10(2)6-7-11(3)14-13(15)9-12-5-4-8-16-12/h4-5,8,10-11H,6-7,9H2,1-3H3,(H,14,15). The lowest BCUT2D eigenvalue weighted by atomic mass is 10.0. The zero-order chi connectivity index (χ0) is 12.0. The molecule has 0 fully saturated rings. The highest BCUT2D eigenvalue weighted by molar-refractivity contribution is 7.10. The molecule has 1 aromatic heterocycles. The molecule has 0 aliphatic heterocycles. The van der Waals surface area contributed by atoms with Gasteiger partial charge in [-0.25, -0.2) is 0 Å². The molecule has 3 heteroatoms. The summed E-state index contributed by atoms with van der Waals surface area (Å²) < 4.78 is 0. The van der Waals surface area contributed by atoms with E-state index in [1.807, 2.05) is 17.5 Å². The van der Waals surface area contributed by atoms with Gasteiger partial charge in [-0.3, -0.25) is 4.79 Å². The van der Waals surface area contributed by atoms with Gasteiger partial charge in [0.05, 0.1) is 6.42 Å². The minimum Gasteiger partial charge on any atom is -0.353 e. The van der Waals surface area contributed by atoms with Crippen LogP contribution in [-0.2, 0) is 11.2 Å². The Hall–Kier alpha value is -0.830. The van der Waals surface area contributed by atoms with Crippen LogP contribution in [-0.4, -0.2) is 11.9 Å². The molecular formula is C13H21NOS. The van der Waals surface area contributed by atoms with Gasteiger partial charge >= 0.3 is 0 Å². The van der Waals surface area contributed by atoms with Crippen LogP contribution in [0.4, 0.5) is 0 Å². The normalized spacial score (nSPS) is 12.8. The predicted molar refractivity (Wildman–Crippen MR) is 69.7 cm³/mol.